The van der Waals surface area contributed by atoms with Crippen molar-refractivity contribution in [3.8, 4) is 0 Å². The van der Waals surface area contributed by atoms with Crippen LogP contribution in [0.15, 0.2) is 0 Å². The molecule has 1 atom stereocenters. The molecule has 0 radical (unpaired) electrons. The molecule has 0 aromatic carbocycles. The van der Waals surface area contributed by atoms with Gasteiger partial charge in [-0.05, 0) is 32.6 Å². The number of rotatable bonds is 6. The number of hydrogen-bond acceptors (Lipinski definition) is 3. The SMILES string of the molecule is CC(C)(CC(F)(C1CCCCC1)C(C)(F)F)C(=O)OCO. The van der Waals surface area contributed by atoms with E-state index in [1.54, 1.807) is 0 Å². The van der Waals surface area contributed by atoms with Crippen LogP contribution in [0.25, 0.3) is 0 Å². The average molecular weight is 310 g/mol. The second kappa shape index (κ2) is 6.55. The smallest absolute Gasteiger partial charge is 0.313 e. The van der Waals surface area contributed by atoms with Gasteiger partial charge in [-0.15, -0.1) is 0 Å². The van der Waals surface area contributed by atoms with Crippen molar-refractivity contribution >= 4 is 5.97 Å². The van der Waals surface area contributed by atoms with Gasteiger partial charge in [-0.1, -0.05) is 19.3 Å². The number of halogens is 3. The third kappa shape index (κ3) is 4.11. The molecule has 3 nitrogen and oxygen atoms in total. The summed E-state index contributed by atoms with van der Waals surface area (Å²) in [6, 6.07) is 0. The van der Waals surface area contributed by atoms with Crippen LogP contribution in [-0.4, -0.2) is 29.5 Å². The lowest BCUT2D eigenvalue weighted by molar-refractivity contribution is -0.188. The first-order valence-corrected chi connectivity index (χ1v) is 7.39. The molecule has 0 aromatic rings. The summed E-state index contributed by atoms with van der Waals surface area (Å²) in [4.78, 5) is 11.8. The normalized spacial score (nSPS) is 20.9. The highest BCUT2D eigenvalue weighted by Crippen LogP contribution is 2.50. The van der Waals surface area contributed by atoms with Crippen molar-refractivity contribution in [3.63, 3.8) is 0 Å². The highest BCUT2D eigenvalue weighted by atomic mass is 19.3. The summed E-state index contributed by atoms with van der Waals surface area (Å²) < 4.78 is 47.6. The van der Waals surface area contributed by atoms with Crippen LogP contribution in [0.1, 0.15) is 59.3 Å². The Hall–Kier alpha value is -0.780. The summed E-state index contributed by atoms with van der Waals surface area (Å²) in [7, 11) is 0. The van der Waals surface area contributed by atoms with Gasteiger partial charge >= 0.3 is 5.97 Å². The Bertz CT molecular complexity index is 360. The lowest BCUT2D eigenvalue weighted by atomic mass is 9.68. The monoisotopic (exact) mass is 310 g/mol. The highest BCUT2D eigenvalue weighted by Gasteiger charge is 2.59. The average Bonchev–Trinajstić information content (AvgIpc) is 2.38. The lowest BCUT2D eigenvalue weighted by Crippen LogP contribution is -2.52. The maximum atomic E-state index is 15.3. The van der Waals surface area contributed by atoms with Gasteiger partial charge < -0.3 is 9.84 Å². The molecule has 1 rings (SSSR count). The maximum absolute atomic E-state index is 15.3. The van der Waals surface area contributed by atoms with Gasteiger partial charge in [0.05, 0.1) is 5.41 Å². The number of carbonyl (C=O) groups excluding carboxylic acids is 1. The molecule has 0 saturated heterocycles. The number of aliphatic hydroxyl groups is 1. The second-order valence-corrected chi connectivity index (χ2v) is 6.71. The predicted molar refractivity (Wildman–Crippen MR) is 72.6 cm³/mol. The molecule has 21 heavy (non-hydrogen) atoms. The molecule has 1 aliphatic rings. The zero-order valence-electron chi connectivity index (χ0n) is 12.9. The van der Waals surface area contributed by atoms with Gasteiger partial charge in [-0.2, -0.15) is 0 Å². The molecular weight excluding hydrogens is 285 g/mol. The van der Waals surface area contributed by atoms with Crippen LogP contribution in [0.3, 0.4) is 0 Å². The fourth-order valence-electron chi connectivity index (χ4n) is 3.19. The van der Waals surface area contributed by atoms with E-state index in [9.17, 15) is 13.6 Å². The lowest BCUT2D eigenvalue weighted by Gasteiger charge is -2.43. The van der Waals surface area contributed by atoms with Crippen molar-refractivity contribution in [3.05, 3.63) is 0 Å². The van der Waals surface area contributed by atoms with Gasteiger partial charge in [0.15, 0.2) is 12.5 Å². The number of esters is 1. The van der Waals surface area contributed by atoms with Crippen molar-refractivity contribution in [2.45, 2.75) is 70.9 Å². The Balaban J connectivity index is 3.00. The first-order chi connectivity index (χ1) is 9.54. The first kappa shape index (κ1) is 18.3. The zero-order valence-corrected chi connectivity index (χ0v) is 12.9. The molecule has 0 heterocycles. The zero-order chi connectivity index (χ0) is 16.3. The number of hydrogen-bond donors (Lipinski definition) is 1. The molecule has 1 saturated carbocycles. The van der Waals surface area contributed by atoms with E-state index in [0.29, 0.717) is 19.8 Å². The molecule has 0 aliphatic heterocycles. The second-order valence-electron chi connectivity index (χ2n) is 6.71. The van der Waals surface area contributed by atoms with Crippen LogP contribution in [0.4, 0.5) is 13.2 Å². The minimum Gasteiger partial charge on any atom is -0.438 e. The molecule has 0 amide bonds. The van der Waals surface area contributed by atoms with Crippen molar-refractivity contribution in [1.82, 2.24) is 0 Å². The summed E-state index contributed by atoms with van der Waals surface area (Å²) >= 11 is 0. The van der Waals surface area contributed by atoms with Gasteiger partial charge in [0, 0.05) is 13.3 Å². The molecule has 1 N–H and O–H groups in total. The summed E-state index contributed by atoms with van der Waals surface area (Å²) in [5.74, 6) is -5.16. The van der Waals surface area contributed by atoms with E-state index in [0.717, 1.165) is 19.3 Å². The van der Waals surface area contributed by atoms with Crippen molar-refractivity contribution in [2.24, 2.45) is 11.3 Å². The van der Waals surface area contributed by atoms with E-state index >= 15 is 4.39 Å². The maximum Gasteiger partial charge on any atom is 0.313 e. The van der Waals surface area contributed by atoms with E-state index < -0.39 is 42.1 Å². The highest BCUT2D eigenvalue weighted by molar-refractivity contribution is 5.76. The van der Waals surface area contributed by atoms with Gasteiger partial charge in [-0.25, -0.2) is 13.2 Å². The molecule has 1 aliphatic carbocycles. The summed E-state index contributed by atoms with van der Waals surface area (Å²) in [5, 5.41) is 8.62. The Labute approximate surface area is 123 Å². The number of alkyl halides is 3. The minimum absolute atomic E-state index is 0.408. The molecular formula is C15H25F3O3. The van der Waals surface area contributed by atoms with Crippen LogP contribution in [-0.2, 0) is 9.53 Å². The molecule has 6 heteroatoms. The van der Waals surface area contributed by atoms with Crippen molar-refractivity contribution in [2.75, 3.05) is 6.79 Å². The third-order valence-corrected chi connectivity index (χ3v) is 4.43. The van der Waals surface area contributed by atoms with Crippen molar-refractivity contribution < 1.29 is 27.8 Å². The number of ether oxygens (including phenoxy) is 1. The van der Waals surface area contributed by atoms with Gasteiger partial charge in [0.25, 0.3) is 5.92 Å². The molecule has 0 spiro atoms. The van der Waals surface area contributed by atoms with Gasteiger partial charge in [-0.3, -0.25) is 4.79 Å². The third-order valence-electron chi connectivity index (χ3n) is 4.43. The van der Waals surface area contributed by atoms with E-state index in [1.807, 2.05) is 0 Å². The Morgan fingerprint density at radius 2 is 1.67 bits per heavy atom. The number of carbonyl (C=O) groups is 1. The first-order valence-electron chi connectivity index (χ1n) is 7.39. The van der Waals surface area contributed by atoms with Crippen LogP contribution in [0, 0.1) is 11.3 Å². The Morgan fingerprint density at radius 3 is 2.10 bits per heavy atom. The van der Waals surface area contributed by atoms with Crippen LogP contribution < -0.4 is 0 Å². The van der Waals surface area contributed by atoms with E-state index in [4.69, 9.17) is 5.11 Å². The molecule has 1 unspecified atom stereocenters. The molecule has 0 bridgehead atoms. The van der Waals surface area contributed by atoms with E-state index in [-0.39, 0.29) is 0 Å². The molecule has 0 aromatic heterocycles. The van der Waals surface area contributed by atoms with E-state index in [2.05, 4.69) is 4.74 Å². The fraction of sp³-hybridized carbons (Fsp3) is 0.933. The largest absolute Gasteiger partial charge is 0.438 e. The minimum atomic E-state index is -3.54. The van der Waals surface area contributed by atoms with Gasteiger partial charge in [0.1, 0.15) is 0 Å². The van der Waals surface area contributed by atoms with Crippen molar-refractivity contribution in [1.29, 1.82) is 0 Å². The standard InChI is InChI=1S/C15H25F3O3/c1-13(2,12(20)21-10-19)9-15(18,14(3,16)17)11-7-5-4-6-8-11/h11,19H,4-10H2,1-3H3. The summed E-state index contributed by atoms with van der Waals surface area (Å²) in [5.41, 5.74) is -4.17. The molecule has 124 valence electrons. The van der Waals surface area contributed by atoms with Crippen LogP contribution in [0.2, 0.25) is 0 Å². The Kier molecular flexibility index (Phi) is 5.69. The van der Waals surface area contributed by atoms with Crippen LogP contribution >= 0.6 is 0 Å². The predicted octanol–water partition coefficient (Wildman–Crippen LogP) is 3.84. The van der Waals surface area contributed by atoms with Gasteiger partial charge in [0.2, 0.25) is 0 Å². The summed E-state index contributed by atoms with van der Waals surface area (Å²) in [6.07, 6.45) is 2.59. The Morgan fingerprint density at radius 1 is 1.14 bits per heavy atom. The number of aliphatic hydroxyl groups excluding tert-OH is 1. The topological polar surface area (TPSA) is 46.5 Å². The van der Waals surface area contributed by atoms with Crippen LogP contribution in [0.5, 0.6) is 0 Å². The quantitative estimate of drug-likeness (QED) is 0.599. The molecule has 1 fully saturated rings. The fourth-order valence-corrected chi connectivity index (χ4v) is 3.19. The van der Waals surface area contributed by atoms with E-state index in [1.165, 1.54) is 13.8 Å². The summed E-state index contributed by atoms with van der Waals surface area (Å²) in [6.45, 7) is 2.48.